The number of amides is 1. The maximum atomic E-state index is 11.0. The van der Waals surface area contributed by atoms with Gasteiger partial charge in [-0.25, -0.2) is 0 Å². The number of nitrogens with two attached hydrogens (primary N) is 1. The van der Waals surface area contributed by atoms with Crippen LogP contribution in [-0.2, 0) is 16.1 Å². The molecular formula is C11H15N3O2. The van der Waals surface area contributed by atoms with Gasteiger partial charge in [-0.15, -0.1) is 0 Å². The lowest BCUT2D eigenvalue weighted by Crippen LogP contribution is -2.47. The summed E-state index contributed by atoms with van der Waals surface area (Å²) in [6.07, 6.45) is 3.05. The first-order valence-electron chi connectivity index (χ1n) is 5.28. The Hall–Kier alpha value is -1.46. The number of aromatic nitrogens is 1. The Balaban J connectivity index is 1.93. The van der Waals surface area contributed by atoms with Crippen molar-refractivity contribution in [2.75, 3.05) is 19.7 Å². The van der Waals surface area contributed by atoms with Crippen LogP contribution in [0.3, 0.4) is 0 Å². The molecule has 1 unspecified atom stereocenters. The van der Waals surface area contributed by atoms with E-state index in [9.17, 15) is 4.79 Å². The molecule has 5 heteroatoms. The Kier molecular flexibility index (Phi) is 3.48. The quantitative estimate of drug-likeness (QED) is 0.765. The molecule has 0 aliphatic carbocycles. The summed E-state index contributed by atoms with van der Waals surface area (Å²) in [6.45, 7) is 2.75. The lowest BCUT2D eigenvalue weighted by molar-refractivity contribution is -0.135. The molecule has 0 saturated carbocycles. The molecule has 0 radical (unpaired) electrons. The lowest BCUT2D eigenvalue weighted by Gasteiger charge is -2.31. The SMILES string of the molecule is NC(=O)C1CN(Cc2ccncc2)CCO1. The van der Waals surface area contributed by atoms with E-state index in [2.05, 4.69) is 9.88 Å². The molecule has 1 amide bonds. The number of hydrogen-bond acceptors (Lipinski definition) is 4. The van der Waals surface area contributed by atoms with Gasteiger partial charge in [0.2, 0.25) is 5.91 Å². The van der Waals surface area contributed by atoms with Gasteiger partial charge in [-0.3, -0.25) is 14.7 Å². The zero-order valence-electron chi connectivity index (χ0n) is 9.00. The van der Waals surface area contributed by atoms with Gasteiger partial charge >= 0.3 is 0 Å². The van der Waals surface area contributed by atoms with Gasteiger partial charge in [0.1, 0.15) is 6.10 Å². The number of pyridine rings is 1. The first kappa shape index (κ1) is 11.0. The predicted octanol–water partition coefficient (Wildman–Crippen LogP) is -0.232. The van der Waals surface area contributed by atoms with E-state index in [1.807, 2.05) is 12.1 Å². The van der Waals surface area contributed by atoms with E-state index in [0.29, 0.717) is 13.2 Å². The van der Waals surface area contributed by atoms with Crippen LogP contribution in [0.15, 0.2) is 24.5 Å². The third kappa shape index (κ3) is 2.77. The molecule has 5 nitrogen and oxygen atoms in total. The minimum atomic E-state index is -0.476. The smallest absolute Gasteiger partial charge is 0.247 e. The third-order valence-electron chi connectivity index (χ3n) is 2.62. The van der Waals surface area contributed by atoms with Gasteiger partial charge in [-0.2, -0.15) is 0 Å². The summed E-state index contributed by atoms with van der Waals surface area (Å²) in [5.74, 6) is -0.389. The van der Waals surface area contributed by atoms with E-state index >= 15 is 0 Å². The number of nitrogens with zero attached hydrogens (tertiary/aromatic N) is 2. The highest BCUT2D eigenvalue weighted by molar-refractivity contribution is 5.79. The number of morpholine rings is 1. The van der Waals surface area contributed by atoms with Crippen molar-refractivity contribution in [2.24, 2.45) is 5.73 Å². The molecule has 1 aliphatic heterocycles. The maximum absolute atomic E-state index is 11.0. The van der Waals surface area contributed by atoms with Crippen molar-refractivity contribution < 1.29 is 9.53 Å². The summed E-state index contributed by atoms with van der Waals surface area (Å²) in [5, 5.41) is 0. The number of primary amides is 1. The summed E-state index contributed by atoms with van der Waals surface area (Å²) < 4.78 is 5.28. The van der Waals surface area contributed by atoms with Crippen LogP contribution in [0, 0.1) is 0 Å². The van der Waals surface area contributed by atoms with Gasteiger partial charge in [-0.05, 0) is 17.7 Å². The van der Waals surface area contributed by atoms with E-state index in [1.54, 1.807) is 12.4 Å². The van der Waals surface area contributed by atoms with Crippen molar-refractivity contribution in [3.8, 4) is 0 Å². The van der Waals surface area contributed by atoms with Crippen LogP contribution < -0.4 is 5.73 Å². The van der Waals surface area contributed by atoms with Crippen LogP contribution in [0.2, 0.25) is 0 Å². The Bertz CT molecular complexity index is 356. The lowest BCUT2D eigenvalue weighted by atomic mass is 10.2. The second-order valence-corrected chi connectivity index (χ2v) is 3.85. The molecule has 2 heterocycles. The first-order valence-corrected chi connectivity index (χ1v) is 5.28. The van der Waals surface area contributed by atoms with Gasteiger partial charge < -0.3 is 10.5 Å². The van der Waals surface area contributed by atoms with Crippen LogP contribution >= 0.6 is 0 Å². The number of carbonyl (C=O) groups is 1. The molecule has 1 atom stereocenters. The minimum Gasteiger partial charge on any atom is -0.367 e. The topological polar surface area (TPSA) is 68.5 Å². The van der Waals surface area contributed by atoms with Crippen molar-refractivity contribution in [3.63, 3.8) is 0 Å². The summed E-state index contributed by atoms with van der Waals surface area (Å²) in [7, 11) is 0. The summed E-state index contributed by atoms with van der Waals surface area (Å²) >= 11 is 0. The third-order valence-corrected chi connectivity index (χ3v) is 2.62. The molecular weight excluding hydrogens is 206 g/mol. The molecule has 0 spiro atoms. The molecule has 1 saturated heterocycles. The van der Waals surface area contributed by atoms with Crippen molar-refractivity contribution >= 4 is 5.91 Å². The molecule has 1 aliphatic rings. The molecule has 0 aromatic carbocycles. The second kappa shape index (κ2) is 5.05. The van der Waals surface area contributed by atoms with E-state index in [1.165, 1.54) is 5.56 Å². The largest absolute Gasteiger partial charge is 0.367 e. The fourth-order valence-electron chi connectivity index (χ4n) is 1.76. The molecule has 16 heavy (non-hydrogen) atoms. The Morgan fingerprint density at radius 3 is 3.00 bits per heavy atom. The van der Waals surface area contributed by atoms with Gasteiger partial charge in [0.15, 0.2) is 0 Å². The fourth-order valence-corrected chi connectivity index (χ4v) is 1.76. The van der Waals surface area contributed by atoms with Gasteiger partial charge in [0.25, 0.3) is 0 Å². The van der Waals surface area contributed by atoms with Gasteiger partial charge in [0.05, 0.1) is 6.61 Å². The predicted molar refractivity (Wildman–Crippen MR) is 58.4 cm³/mol. The standard InChI is InChI=1S/C11H15N3O2/c12-11(15)10-8-14(5-6-16-10)7-9-1-3-13-4-2-9/h1-4,10H,5-8H2,(H2,12,15). The van der Waals surface area contributed by atoms with E-state index in [-0.39, 0.29) is 5.91 Å². The molecule has 2 rings (SSSR count). The van der Waals surface area contributed by atoms with Crippen molar-refractivity contribution in [3.05, 3.63) is 30.1 Å². The monoisotopic (exact) mass is 221 g/mol. The highest BCUT2D eigenvalue weighted by Gasteiger charge is 2.24. The fraction of sp³-hybridized carbons (Fsp3) is 0.455. The average Bonchev–Trinajstić information content (AvgIpc) is 2.30. The van der Waals surface area contributed by atoms with E-state index in [4.69, 9.17) is 10.5 Å². The van der Waals surface area contributed by atoms with Crippen LogP contribution in [-0.4, -0.2) is 41.6 Å². The van der Waals surface area contributed by atoms with Gasteiger partial charge in [-0.1, -0.05) is 0 Å². The molecule has 1 aromatic heterocycles. The number of rotatable bonds is 3. The average molecular weight is 221 g/mol. The second-order valence-electron chi connectivity index (χ2n) is 3.85. The molecule has 2 N–H and O–H groups in total. The zero-order chi connectivity index (χ0) is 11.4. The zero-order valence-corrected chi connectivity index (χ0v) is 9.00. The summed E-state index contributed by atoms with van der Waals surface area (Å²) in [5.41, 5.74) is 6.40. The van der Waals surface area contributed by atoms with E-state index in [0.717, 1.165) is 13.1 Å². The van der Waals surface area contributed by atoms with Gasteiger partial charge in [0, 0.05) is 32.0 Å². The van der Waals surface area contributed by atoms with Crippen molar-refractivity contribution in [1.82, 2.24) is 9.88 Å². The molecule has 0 bridgehead atoms. The van der Waals surface area contributed by atoms with Crippen molar-refractivity contribution in [2.45, 2.75) is 12.6 Å². The number of ether oxygens (including phenoxy) is 1. The maximum Gasteiger partial charge on any atom is 0.247 e. The number of carbonyl (C=O) groups excluding carboxylic acids is 1. The molecule has 86 valence electrons. The van der Waals surface area contributed by atoms with Crippen LogP contribution in [0.4, 0.5) is 0 Å². The van der Waals surface area contributed by atoms with Crippen molar-refractivity contribution in [1.29, 1.82) is 0 Å². The minimum absolute atomic E-state index is 0.389. The molecule has 1 fully saturated rings. The van der Waals surface area contributed by atoms with E-state index < -0.39 is 6.10 Å². The van der Waals surface area contributed by atoms with Crippen LogP contribution in [0.5, 0.6) is 0 Å². The summed E-state index contributed by atoms with van der Waals surface area (Å²) in [6, 6.07) is 3.93. The summed E-state index contributed by atoms with van der Waals surface area (Å²) in [4.78, 5) is 17.1. The first-order chi connectivity index (χ1) is 7.75. The Morgan fingerprint density at radius 1 is 1.56 bits per heavy atom. The highest BCUT2D eigenvalue weighted by Crippen LogP contribution is 2.09. The normalized spacial score (nSPS) is 21.9. The Labute approximate surface area is 94.2 Å². The van der Waals surface area contributed by atoms with Crippen LogP contribution in [0.1, 0.15) is 5.56 Å². The Morgan fingerprint density at radius 2 is 2.31 bits per heavy atom. The number of hydrogen-bond donors (Lipinski definition) is 1. The highest BCUT2D eigenvalue weighted by atomic mass is 16.5. The molecule has 1 aromatic rings. The van der Waals surface area contributed by atoms with Crippen LogP contribution in [0.25, 0.3) is 0 Å².